The van der Waals surface area contributed by atoms with Crippen molar-refractivity contribution in [3.05, 3.63) is 42.6 Å². The number of anilines is 1. The monoisotopic (exact) mass is 379 g/mol. The maximum absolute atomic E-state index is 12.4. The first-order valence-electron chi connectivity index (χ1n) is 9.82. The highest BCUT2D eigenvalue weighted by Gasteiger charge is 2.22. The Balaban J connectivity index is 1.59. The van der Waals surface area contributed by atoms with Crippen LogP contribution in [0.15, 0.2) is 36.9 Å². The zero-order valence-corrected chi connectivity index (χ0v) is 16.3. The zero-order chi connectivity index (χ0) is 19.5. The number of amides is 1. The molecular formula is C21H25N5O2. The van der Waals surface area contributed by atoms with Gasteiger partial charge in [0.15, 0.2) is 0 Å². The van der Waals surface area contributed by atoms with E-state index in [2.05, 4.69) is 33.1 Å². The van der Waals surface area contributed by atoms with Crippen LogP contribution in [-0.4, -0.2) is 32.8 Å². The molecule has 1 amide bonds. The summed E-state index contributed by atoms with van der Waals surface area (Å²) in [6.45, 7) is 2.27. The van der Waals surface area contributed by atoms with Crippen molar-refractivity contribution in [1.82, 2.24) is 19.7 Å². The van der Waals surface area contributed by atoms with E-state index in [1.807, 2.05) is 12.1 Å². The normalized spacial score (nSPS) is 19.5. The first kappa shape index (κ1) is 18.4. The Kier molecular flexibility index (Phi) is 5.23. The van der Waals surface area contributed by atoms with Gasteiger partial charge in [-0.2, -0.15) is 5.10 Å². The van der Waals surface area contributed by atoms with Gasteiger partial charge in [0.25, 0.3) is 5.91 Å². The molecule has 3 aromatic rings. The lowest BCUT2D eigenvalue weighted by molar-refractivity contribution is 0.102. The molecule has 0 aliphatic heterocycles. The fourth-order valence-electron chi connectivity index (χ4n) is 3.95. The van der Waals surface area contributed by atoms with E-state index >= 15 is 0 Å². The van der Waals surface area contributed by atoms with Crippen molar-refractivity contribution in [2.45, 2.75) is 45.1 Å². The van der Waals surface area contributed by atoms with Crippen LogP contribution >= 0.6 is 0 Å². The fraction of sp³-hybridized carbons (Fsp3) is 0.429. The molecule has 28 heavy (non-hydrogen) atoms. The van der Waals surface area contributed by atoms with Gasteiger partial charge in [0.05, 0.1) is 30.6 Å². The van der Waals surface area contributed by atoms with E-state index in [0.717, 1.165) is 16.8 Å². The van der Waals surface area contributed by atoms with E-state index < -0.39 is 0 Å². The molecule has 4 rings (SSSR count). The third-order valence-electron chi connectivity index (χ3n) is 5.66. The minimum atomic E-state index is -0.323. The Hall–Kier alpha value is -2.96. The number of carbonyl (C=O) groups is 1. The second kappa shape index (κ2) is 7.96. The molecule has 0 bridgehead atoms. The highest BCUT2D eigenvalue weighted by Crippen LogP contribution is 2.35. The van der Waals surface area contributed by atoms with Crippen molar-refractivity contribution in [1.29, 1.82) is 0 Å². The second-order valence-corrected chi connectivity index (χ2v) is 7.35. The van der Waals surface area contributed by atoms with Crippen LogP contribution in [0.4, 0.5) is 5.69 Å². The molecule has 1 aromatic carbocycles. The van der Waals surface area contributed by atoms with E-state index in [1.165, 1.54) is 50.7 Å². The van der Waals surface area contributed by atoms with Gasteiger partial charge in [-0.3, -0.25) is 14.5 Å². The number of aromatic nitrogens is 4. The summed E-state index contributed by atoms with van der Waals surface area (Å²) in [4.78, 5) is 20.4. The second-order valence-electron chi connectivity index (χ2n) is 7.35. The largest absolute Gasteiger partial charge is 0.494 e. The summed E-state index contributed by atoms with van der Waals surface area (Å²) in [7, 11) is 1.59. The molecule has 1 aliphatic rings. The van der Waals surface area contributed by atoms with E-state index in [-0.39, 0.29) is 11.6 Å². The summed E-state index contributed by atoms with van der Waals surface area (Å²) >= 11 is 0. The molecule has 1 aliphatic carbocycles. The third-order valence-corrected chi connectivity index (χ3v) is 5.66. The number of carbonyl (C=O) groups excluding carboxylic acids is 1. The summed E-state index contributed by atoms with van der Waals surface area (Å²) in [6.07, 6.45) is 12.7. The average Bonchev–Trinajstić information content (AvgIpc) is 3.16. The zero-order valence-electron chi connectivity index (χ0n) is 16.3. The van der Waals surface area contributed by atoms with Crippen molar-refractivity contribution in [3.63, 3.8) is 0 Å². The van der Waals surface area contributed by atoms with Gasteiger partial charge in [-0.05, 0) is 37.7 Å². The first-order valence-corrected chi connectivity index (χ1v) is 9.82. The number of rotatable bonds is 5. The van der Waals surface area contributed by atoms with E-state index in [0.29, 0.717) is 17.5 Å². The summed E-state index contributed by atoms with van der Waals surface area (Å²) in [5.74, 6) is 1.10. The molecule has 1 N–H and O–H groups in total. The SMILES string of the molecule is CC[C@H]1CC[C@H](n2cc3cc(NC(=O)c4cnccn4)c(OC)cc3n2)CC1. The number of nitrogens with one attached hydrogen (secondary N) is 1. The number of hydrogen-bond donors (Lipinski definition) is 1. The Bertz CT molecular complexity index is 962. The van der Waals surface area contributed by atoms with Gasteiger partial charge in [0.1, 0.15) is 11.4 Å². The standard InChI is InChI=1S/C21H25N5O2/c1-3-14-4-6-16(7-5-14)26-13-15-10-18(20(28-2)11-17(15)25-26)24-21(27)19-12-22-8-9-23-19/h8-14,16H,3-7H2,1-2H3,(H,24,27)/t14-,16-. The first-order chi connectivity index (χ1) is 13.7. The van der Waals surface area contributed by atoms with Gasteiger partial charge >= 0.3 is 0 Å². The number of fused-ring (bicyclic) bond motifs is 1. The summed E-state index contributed by atoms with van der Waals surface area (Å²) < 4.78 is 7.56. The topological polar surface area (TPSA) is 81.9 Å². The molecule has 0 spiro atoms. The Labute approximate surface area is 164 Å². The maximum Gasteiger partial charge on any atom is 0.275 e. The van der Waals surface area contributed by atoms with Crippen LogP contribution < -0.4 is 10.1 Å². The van der Waals surface area contributed by atoms with Gasteiger partial charge in [0.2, 0.25) is 0 Å². The molecule has 1 fully saturated rings. The summed E-state index contributed by atoms with van der Waals surface area (Å²) in [5, 5.41) is 8.62. The Morgan fingerprint density at radius 1 is 1.25 bits per heavy atom. The van der Waals surface area contributed by atoms with Crippen LogP contribution in [0, 0.1) is 5.92 Å². The number of methoxy groups -OCH3 is 1. The number of benzene rings is 1. The predicted molar refractivity (Wildman–Crippen MR) is 108 cm³/mol. The molecular weight excluding hydrogens is 354 g/mol. The molecule has 1 saturated carbocycles. The quantitative estimate of drug-likeness (QED) is 0.717. The highest BCUT2D eigenvalue weighted by molar-refractivity contribution is 6.04. The van der Waals surface area contributed by atoms with Crippen LogP contribution in [0.5, 0.6) is 5.75 Å². The smallest absolute Gasteiger partial charge is 0.275 e. The molecule has 7 nitrogen and oxygen atoms in total. The van der Waals surface area contributed by atoms with Gasteiger partial charge in [-0.15, -0.1) is 0 Å². The molecule has 2 aromatic heterocycles. The van der Waals surface area contributed by atoms with Crippen LogP contribution in [0.1, 0.15) is 55.6 Å². The number of ether oxygens (including phenoxy) is 1. The molecule has 0 atom stereocenters. The van der Waals surface area contributed by atoms with Crippen LogP contribution in [0.3, 0.4) is 0 Å². The third kappa shape index (κ3) is 3.69. The van der Waals surface area contributed by atoms with Crippen molar-refractivity contribution < 1.29 is 9.53 Å². The minimum Gasteiger partial charge on any atom is -0.494 e. The molecule has 0 unspecified atom stereocenters. The van der Waals surface area contributed by atoms with Crippen LogP contribution in [-0.2, 0) is 0 Å². The van der Waals surface area contributed by atoms with E-state index in [1.54, 1.807) is 7.11 Å². The van der Waals surface area contributed by atoms with Crippen molar-refractivity contribution in [2.75, 3.05) is 12.4 Å². The van der Waals surface area contributed by atoms with Gasteiger partial charge in [0, 0.05) is 30.0 Å². The lowest BCUT2D eigenvalue weighted by Gasteiger charge is -2.27. The minimum absolute atomic E-state index is 0.257. The lowest BCUT2D eigenvalue weighted by atomic mass is 9.85. The number of nitrogens with zero attached hydrogens (tertiary/aromatic N) is 4. The fourth-order valence-corrected chi connectivity index (χ4v) is 3.95. The molecule has 146 valence electrons. The van der Waals surface area contributed by atoms with Crippen molar-refractivity contribution >= 4 is 22.5 Å². The van der Waals surface area contributed by atoms with Crippen LogP contribution in [0.25, 0.3) is 10.9 Å². The van der Waals surface area contributed by atoms with E-state index in [9.17, 15) is 4.79 Å². The van der Waals surface area contributed by atoms with Crippen molar-refractivity contribution in [3.8, 4) is 5.75 Å². The lowest BCUT2D eigenvalue weighted by Crippen LogP contribution is -2.18. The Morgan fingerprint density at radius 3 is 2.75 bits per heavy atom. The molecule has 0 radical (unpaired) electrons. The summed E-state index contributed by atoms with van der Waals surface area (Å²) in [5.41, 5.74) is 1.72. The van der Waals surface area contributed by atoms with Gasteiger partial charge in [-0.25, -0.2) is 4.98 Å². The molecule has 2 heterocycles. The maximum atomic E-state index is 12.4. The Morgan fingerprint density at radius 2 is 2.07 bits per heavy atom. The molecule has 0 saturated heterocycles. The van der Waals surface area contributed by atoms with Gasteiger partial charge in [-0.1, -0.05) is 13.3 Å². The molecule has 7 heteroatoms. The predicted octanol–water partition coefficient (Wildman–Crippen LogP) is 4.23. The van der Waals surface area contributed by atoms with Gasteiger partial charge < -0.3 is 10.1 Å². The van der Waals surface area contributed by atoms with E-state index in [4.69, 9.17) is 9.84 Å². The summed E-state index contributed by atoms with van der Waals surface area (Å²) in [6, 6.07) is 4.22. The highest BCUT2D eigenvalue weighted by atomic mass is 16.5. The number of hydrogen-bond acceptors (Lipinski definition) is 5. The van der Waals surface area contributed by atoms with Crippen molar-refractivity contribution in [2.24, 2.45) is 5.92 Å². The van der Waals surface area contributed by atoms with Crippen LogP contribution in [0.2, 0.25) is 0 Å². The average molecular weight is 379 g/mol.